The number of carboxylic acid groups (broad SMARTS) is 1. The van der Waals surface area contributed by atoms with E-state index in [0.29, 0.717) is 12.1 Å². The predicted molar refractivity (Wildman–Crippen MR) is 74.1 cm³/mol. The summed E-state index contributed by atoms with van der Waals surface area (Å²) in [6, 6.07) is 7.37. The van der Waals surface area contributed by atoms with Crippen LogP contribution in [-0.4, -0.2) is 5.97 Å². The molecule has 0 aliphatic rings. The van der Waals surface area contributed by atoms with Gasteiger partial charge in [0.2, 0.25) is 5.58 Å². The van der Waals surface area contributed by atoms with Gasteiger partial charge in [-0.05, 0) is 12.5 Å². The van der Waals surface area contributed by atoms with E-state index < -0.39 is 5.97 Å². The number of hydrogen-bond acceptors (Lipinski definition) is 3. The molecule has 2 rings (SSSR count). The van der Waals surface area contributed by atoms with Gasteiger partial charge in [-0.25, -0.2) is 0 Å². The van der Waals surface area contributed by atoms with Gasteiger partial charge < -0.3 is 14.3 Å². The average Bonchev–Trinajstić information content (AvgIpc) is 2.82. The van der Waals surface area contributed by atoms with E-state index in [-0.39, 0.29) is 5.89 Å². The van der Waals surface area contributed by atoms with Gasteiger partial charge in [0, 0.05) is 12.5 Å². The van der Waals surface area contributed by atoms with E-state index in [9.17, 15) is 9.90 Å². The number of aromatic nitrogens is 1. The molecule has 0 saturated heterocycles. The number of oxazole rings is 1. The molecule has 1 aromatic heterocycles. The van der Waals surface area contributed by atoms with Crippen molar-refractivity contribution in [1.29, 1.82) is 0 Å². The number of hydrogen-bond donors (Lipinski definition) is 0. The molecular formula is C16H21NO3. The molecule has 2 aromatic rings. The van der Waals surface area contributed by atoms with E-state index in [4.69, 9.17) is 4.42 Å². The summed E-state index contributed by atoms with van der Waals surface area (Å²) < 4.78 is 7.07. The minimum absolute atomic E-state index is 0.0836. The van der Waals surface area contributed by atoms with Crippen LogP contribution in [0.1, 0.15) is 56.1 Å². The van der Waals surface area contributed by atoms with Gasteiger partial charge in [-0.2, -0.15) is 4.57 Å². The lowest BCUT2D eigenvalue weighted by molar-refractivity contribution is -0.681. The van der Waals surface area contributed by atoms with Gasteiger partial charge in [0.1, 0.15) is 0 Å². The monoisotopic (exact) mass is 275 g/mol. The summed E-state index contributed by atoms with van der Waals surface area (Å²) in [5.74, 6) is -1.34. The summed E-state index contributed by atoms with van der Waals surface area (Å²) in [5, 5.41) is 11.1. The van der Waals surface area contributed by atoms with E-state index in [1.165, 1.54) is 25.7 Å². The van der Waals surface area contributed by atoms with Crippen LogP contribution >= 0.6 is 0 Å². The summed E-state index contributed by atoms with van der Waals surface area (Å²) in [6.07, 6.45) is 7.02. The number of aromatic carboxylic acids is 1. The van der Waals surface area contributed by atoms with Crippen LogP contribution in [0.5, 0.6) is 0 Å². The van der Waals surface area contributed by atoms with Crippen molar-refractivity contribution >= 4 is 17.1 Å². The highest BCUT2D eigenvalue weighted by molar-refractivity contribution is 5.81. The third kappa shape index (κ3) is 3.38. The second-order valence-electron chi connectivity index (χ2n) is 5.08. The first-order valence-electron chi connectivity index (χ1n) is 7.36. The lowest BCUT2D eigenvalue weighted by Crippen LogP contribution is -2.42. The fraction of sp³-hybridized carbons (Fsp3) is 0.500. The Hall–Kier alpha value is -1.84. The van der Waals surface area contributed by atoms with Crippen LogP contribution in [-0.2, 0) is 6.54 Å². The van der Waals surface area contributed by atoms with Crippen LogP contribution in [0.25, 0.3) is 11.1 Å². The maximum absolute atomic E-state index is 11.1. The van der Waals surface area contributed by atoms with E-state index >= 15 is 0 Å². The molecule has 0 radical (unpaired) electrons. The first kappa shape index (κ1) is 14.6. The van der Waals surface area contributed by atoms with E-state index in [0.717, 1.165) is 18.4 Å². The number of benzene rings is 1. The summed E-state index contributed by atoms with van der Waals surface area (Å²) in [6.45, 7) is 2.85. The molecule has 0 bridgehead atoms. The normalized spacial score (nSPS) is 11.1. The van der Waals surface area contributed by atoms with Crippen LogP contribution < -0.4 is 9.67 Å². The van der Waals surface area contributed by atoms with E-state index in [1.54, 1.807) is 10.6 Å². The molecule has 0 atom stereocenters. The van der Waals surface area contributed by atoms with Gasteiger partial charge in [-0.15, -0.1) is 0 Å². The van der Waals surface area contributed by atoms with Crippen LogP contribution in [0.3, 0.4) is 0 Å². The Labute approximate surface area is 119 Å². The molecule has 108 valence electrons. The lowest BCUT2D eigenvalue weighted by atomic mass is 10.1. The lowest BCUT2D eigenvalue weighted by Gasteiger charge is -1.99. The second kappa shape index (κ2) is 7.08. The Morgan fingerprint density at radius 1 is 1.15 bits per heavy atom. The molecule has 20 heavy (non-hydrogen) atoms. The number of rotatable bonds is 8. The van der Waals surface area contributed by atoms with Crippen molar-refractivity contribution in [1.82, 2.24) is 0 Å². The van der Waals surface area contributed by atoms with Crippen LogP contribution in [0.2, 0.25) is 0 Å². The fourth-order valence-electron chi connectivity index (χ4n) is 2.46. The molecule has 0 fully saturated rings. The van der Waals surface area contributed by atoms with Crippen molar-refractivity contribution in [2.24, 2.45) is 0 Å². The van der Waals surface area contributed by atoms with Crippen molar-refractivity contribution in [2.75, 3.05) is 0 Å². The molecule has 0 spiro atoms. The molecule has 1 heterocycles. The molecule has 4 nitrogen and oxygen atoms in total. The van der Waals surface area contributed by atoms with Crippen molar-refractivity contribution in [3.8, 4) is 0 Å². The van der Waals surface area contributed by atoms with Gasteiger partial charge in [0.25, 0.3) is 5.52 Å². The van der Waals surface area contributed by atoms with Crippen molar-refractivity contribution in [3.05, 3.63) is 30.2 Å². The van der Waals surface area contributed by atoms with Crippen molar-refractivity contribution in [2.45, 2.75) is 52.0 Å². The second-order valence-corrected chi connectivity index (χ2v) is 5.08. The summed E-state index contributed by atoms with van der Waals surface area (Å²) in [7, 11) is 0. The Morgan fingerprint density at radius 2 is 1.85 bits per heavy atom. The number of unbranched alkanes of at least 4 members (excludes halogenated alkanes) is 5. The SMILES string of the molecule is CCCCCCCC[n+]1c(C(=O)[O-])oc2ccccc21. The van der Waals surface area contributed by atoms with Crippen LogP contribution in [0, 0.1) is 0 Å². The maximum atomic E-state index is 11.1. The molecule has 0 aliphatic heterocycles. The molecule has 0 unspecified atom stereocenters. The maximum Gasteiger partial charge on any atom is 0.397 e. The fourth-order valence-corrected chi connectivity index (χ4v) is 2.46. The highest BCUT2D eigenvalue weighted by Gasteiger charge is 2.22. The van der Waals surface area contributed by atoms with Crippen molar-refractivity contribution in [3.63, 3.8) is 0 Å². The topological polar surface area (TPSA) is 57.1 Å². The summed E-state index contributed by atoms with van der Waals surface area (Å²) >= 11 is 0. The molecule has 0 saturated carbocycles. The minimum Gasteiger partial charge on any atom is -0.537 e. The number of nitrogens with zero attached hydrogens (tertiary/aromatic N) is 1. The van der Waals surface area contributed by atoms with Gasteiger partial charge in [-0.1, -0.05) is 44.7 Å². The zero-order chi connectivity index (χ0) is 14.4. The molecule has 4 heteroatoms. The number of aryl methyl sites for hydroxylation is 1. The third-order valence-electron chi connectivity index (χ3n) is 3.52. The van der Waals surface area contributed by atoms with Gasteiger partial charge in [0.15, 0.2) is 12.5 Å². The Morgan fingerprint density at radius 3 is 2.60 bits per heavy atom. The molecule has 1 aromatic carbocycles. The van der Waals surface area contributed by atoms with E-state index in [1.807, 2.05) is 18.2 Å². The number of carbonyl (C=O) groups excluding carboxylic acids is 1. The zero-order valence-corrected chi connectivity index (χ0v) is 11.9. The Balaban J connectivity index is 2.04. The standard InChI is InChI=1S/C16H21NO3/c1-2-3-4-5-6-9-12-17-13-10-7-8-11-14(13)20-15(17)16(18)19/h7-8,10-11H,2-6,9,12H2,1H3. The third-order valence-corrected chi connectivity index (χ3v) is 3.52. The Bertz CT molecular complexity index is 574. The average molecular weight is 275 g/mol. The predicted octanol–water partition coefficient (Wildman–Crippen LogP) is 2.44. The Kier molecular flexibility index (Phi) is 5.16. The zero-order valence-electron chi connectivity index (χ0n) is 11.9. The summed E-state index contributed by atoms with van der Waals surface area (Å²) in [4.78, 5) is 11.1. The molecule has 0 amide bonds. The smallest absolute Gasteiger partial charge is 0.397 e. The number of fused-ring (bicyclic) bond motifs is 1. The molecule has 0 aliphatic carbocycles. The van der Waals surface area contributed by atoms with Crippen molar-refractivity contribution < 1.29 is 18.9 Å². The molecular weight excluding hydrogens is 254 g/mol. The van der Waals surface area contributed by atoms with Crippen LogP contribution in [0.15, 0.2) is 28.7 Å². The summed E-state index contributed by atoms with van der Waals surface area (Å²) in [5.41, 5.74) is 1.41. The van der Waals surface area contributed by atoms with Gasteiger partial charge >= 0.3 is 5.89 Å². The highest BCUT2D eigenvalue weighted by Crippen LogP contribution is 2.14. The van der Waals surface area contributed by atoms with Gasteiger partial charge in [-0.3, -0.25) is 0 Å². The molecule has 0 N–H and O–H groups in total. The van der Waals surface area contributed by atoms with Crippen LogP contribution in [0.4, 0.5) is 0 Å². The number of para-hydroxylation sites is 2. The van der Waals surface area contributed by atoms with E-state index in [2.05, 4.69) is 6.92 Å². The minimum atomic E-state index is -1.26. The number of carbonyl (C=O) groups is 1. The van der Waals surface area contributed by atoms with Gasteiger partial charge in [0.05, 0.1) is 0 Å². The quantitative estimate of drug-likeness (QED) is 0.549. The highest BCUT2D eigenvalue weighted by atomic mass is 16.4. The first-order valence-corrected chi connectivity index (χ1v) is 7.36. The first-order chi connectivity index (χ1) is 9.74. The number of carboxylic acids is 1. The largest absolute Gasteiger partial charge is 0.537 e.